The highest BCUT2D eigenvalue weighted by Crippen LogP contribution is 2.20. The van der Waals surface area contributed by atoms with E-state index in [1.54, 1.807) is 44.2 Å². The first-order valence-electron chi connectivity index (χ1n) is 6.25. The lowest BCUT2D eigenvalue weighted by Gasteiger charge is -2.11. The van der Waals surface area contributed by atoms with E-state index in [2.05, 4.69) is 5.32 Å². The molecule has 5 heteroatoms. The first kappa shape index (κ1) is 13.9. The summed E-state index contributed by atoms with van der Waals surface area (Å²) in [5, 5.41) is 2.71. The van der Waals surface area contributed by atoms with E-state index in [4.69, 9.17) is 9.15 Å². The largest absolute Gasteiger partial charge is 0.462 e. The highest BCUT2D eigenvalue weighted by atomic mass is 16.5. The topological polar surface area (TPSA) is 68.5 Å². The van der Waals surface area contributed by atoms with Crippen molar-refractivity contribution < 1.29 is 18.7 Å². The maximum Gasteiger partial charge on any atom is 0.338 e. The molecule has 2 aromatic rings. The summed E-state index contributed by atoms with van der Waals surface area (Å²) >= 11 is 0. The SMILES string of the molecule is CCOC(=O)c1cccc(NC(=O)c2ccco2)c1C. The van der Waals surface area contributed by atoms with E-state index < -0.39 is 5.97 Å². The smallest absolute Gasteiger partial charge is 0.338 e. The normalized spacial score (nSPS) is 10.1. The molecule has 0 unspecified atom stereocenters. The molecule has 0 radical (unpaired) electrons. The van der Waals surface area contributed by atoms with Gasteiger partial charge in [0.1, 0.15) is 0 Å². The number of carbonyl (C=O) groups excluding carboxylic acids is 2. The maximum absolute atomic E-state index is 11.9. The van der Waals surface area contributed by atoms with E-state index in [9.17, 15) is 9.59 Å². The molecule has 0 atom stereocenters. The van der Waals surface area contributed by atoms with Crippen molar-refractivity contribution in [2.24, 2.45) is 0 Å². The molecule has 0 bridgehead atoms. The fraction of sp³-hybridized carbons (Fsp3) is 0.200. The number of nitrogens with one attached hydrogen (secondary N) is 1. The fourth-order valence-electron chi connectivity index (χ4n) is 1.79. The minimum Gasteiger partial charge on any atom is -0.462 e. The zero-order valence-corrected chi connectivity index (χ0v) is 11.3. The zero-order chi connectivity index (χ0) is 14.5. The molecule has 2 rings (SSSR count). The summed E-state index contributed by atoms with van der Waals surface area (Å²) in [7, 11) is 0. The summed E-state index contributed by atoms with van der Waals surface area (Å²) in [6.07, 6.45) is 1.43. The van der Waals surface area contributed by atoms with Gasteiger partial charge in [-0.1, -0.05) is 6.07 Å². The molecule has 1 amide bonds. The summed E-state index contributed by atoms with van der Waals surface area (Å²) < 4.78 is 9.99. The van der Waals surface area contributed by atoms with Crippen LogP contribution in [0.4, 0.5) is 5.69 Å². The predicted molar refractivity (Wildman–Crippen MR) is 73.8 cm³/mol. The summed E-state index contributed by atoms with van der Waals surface area (Å²) in [4.78, 5) is 23.7. The van der Waals surface area contributed by atoms with Crippen LogP contribution >= 0.6 is 0 Å². The molecule has 0 aliphatic rings. The number of carbonyl (C=O) groups is 2. The Morgan fingerprint density at radius 1 is 1.25 bits per heavy atom. The zero-order valence-electron chi connectivity index (χ0n) is 11.3. The molecule has 0 saturated carbocycles. The van der Waals surface area contributed by atoms with Crippen LogP contribution in [0.1, 0.15) is 33.4 Å². The van der Waals surface area contributed by atoms with Gasteiger partial charge in [-0.15, -0.1) is 0 Å². The number of ether oxygens (including phenoxy) is 1. The molecular formula is C15H15NO4. The van der Waals surface area contributed by atoms with Gasteiger partial charge in [0.2, 0.25) is 0 Å². The molecule has 1 N–H and O–H groups in total. The molecule has 0 aliphatic heterocycles. The van der Waals surface area contributed by atoms with E-state index >= 15 is 0 Å². The van der Waals surface area contributed by atoms with E-state index in [1.165, 1.54) is 6.26 Å². The van der Waals surface area contributed by atoms with E-state index in [0.717, 1.165) is 0 Å². The van der Waals surface area contributed by atoms with Gasteiger partial charge in [0, 0.05) is 5.69 Å². The predicted octanol–water partition coefficient (Wildman–Crippen LogP) is 3.02. The first-order valence-corrected chi connectivity index (χ1v) is 6.25. The standard InChI is InChI=1S/C15H15NO4/c1-3-19-15(18)11-6-4-7-12(10(11)2)16-14(17)13-8-5-9-20-13/h4-9H,3H2,1-2H3,(H,16,17). The number of benzene rings is 1. The minimum absolute atomic E-state index is 0.214. The molecule has 1 aromatic heterocycles. The lowest BCUT2D eigenvalue weighted by molar-refractivity contribution is 0.0525. The van der Waals surface area contributed by atoms with Gasteiger partial charge in [-0.25, -0.2) is 4.79 Å². The van der Waals surface area contributed by atoms with Gasteiger partial charge >= 0.3 is 5.97 Å². The van der Waals surface area contributed by atoms with Gasteiger partial charge in [-0.05, 0) is 43.7 Å². The van der Waals surface area contributed by atoms with Crippen LogP contribution < -0.4 is 5.32 Å². The van der Waals surface area contributed by atoms with Gasteiger partial charge in [0.25, 0.3) is 5.91 Å². The Morgan fingerprint density at radius 3 is 2.70 bits per heavy atom. The summed E-state index contributed by atoms with van der Waals surface area (Å²) in [6, 6.07) is 8.28. The van der Waals surface area contributed by atoms with Gasteiger partial charge in [0.15, 0.2) is 5.76 Å². The van der Waals surface area contributed by atoms with E-state index in [1.807, 2.05) is 0 Å². The van der Waals surface area contributed by atoms with Crippen molar-refractivity contribution in [2.75, 3.05) is 11.9 Å². The van der Waals surface area contributed by atoms with Gasteiger partial charge < -0.3 is 14.5 Å². The summed E-state index contributed by atoms with van der Waals surface area (Å²) in [5.74, 6) is -0.552. The average Bonchev–Trinajstić information content (AvgIpc) is 2.95. The second kappa shape index (κ2) is 6.06. The van der Waals surface area contributed by atoms with Crippen molar-refractivity contribution >= 4 is 17.6 Å². The number of anilines is 1. The Bertz CT molecular complexity index is 617. The lowest BCUT2D eigenvalue weighted by Crippen LogP contribution is -2.14. The molecular weight excluding hydrogens is 258 g/mol. The monoisotopic (exact) mass is 273 g/mol. The third-order valence-electron chi connectivity index (χ3n) is 2.82. The van der Waals surface area contributed by atoms with Crippen LogP contribution in [0, 0.1) is 6.92 Å². The lowest BCUT2D eigenvalue weighted by atomic mass is 10.1. The van der Waals surface area contributed by atoms with Crippen molar-refractivity contribution in [2.45, 2.75) is 13.8 Å². The Balaban J connectivity index is 2.23. The Morgan fingerprint density at radius 2 is 2.05 bits per heavy atom. The number of hydrogen-bond acceptors (Lipinski definition) is 4. The Labute approximate surface area is 116 Å². The highest BCUT2D eigenvalue weighted by Gasteiger charge is 2.15. The van der Waals surface area contributed by atoms with Crippen molar-refractivity contribution in [3.8, 4) is 0 Å². The highest BCUT2D eigenvalue weighted by molar-refractivity contribution is 6.03. The third kappa shape index (κ3) is 2.88. The number of rotatable bonds is 4. The quantitative estimate of drug-likeness (QED) is 0.869. The second-order valence-electron chi connectivity index (χ2n) is 4.13. The number of amides is 1. The van der Waals surface area contributed by atoms with Crippen LogP contribution in [-0.4, -0.2) is 18.5 Å². The van der Waals surface area contributed by atoms with Crippen molar-refractivity contribution in [1.29, 1.82) is 0 Å². The molecule has 0 saturated heterocycles. The maximum atomic E-state index is 11.9. The minimum atomic E-state index is -0.404. The molecule has 0 spiro atoms. The van der Waals surface area contributed by atoms with Crippen molar-refractivity contribution in [1.82, 2.24) is 0 Å². The summed E-state index contributed by atoms with van der Waals surface area (Å²) in [6.45, 7) is 3.81. The molecule has 20 heavy (non-hydrogen) atoms. The van der Waals surface area contributed by atoms with Gasteiger partial charge in [0.05, 0.1) is 18.4 Å². The number of furan rings is 1. The fourth-order valence-corrected chi connectivity index (χ4v) is 1.79. The molecule has 0 fully saturated rings. The third-order valence-corrected chi connectivity index (χ3v) is 2.82. The molecule has 5 nitrogen and oxygen atoms in total. The Hall–Kier alpha value is -2.56. The van der Waals surface area contributed by atoms with Crippen LogP contribution in [-0.2, 0) is 4.74 Å². The van der Waals surface area contributed by atoms with Crippen LogP contribution in [0.2, 0.25) is 0 Å². The first-order chi connectivity index (χ1) is 9.63. The van der Waals surface area contributed by atoms with Gasteiger partial charge in [-0.2, -0.15) is 0 Å². The molecule has 1 aromatic carbocycles. The number of esters is 1. The molecule has 104 valence electrons. The average molecular weight is 273 g/mol. The Kier molecular flexibility index (Phi) is 4.20. The second-order valence-corrected chi connectivity index (χ2v) is 4.13. The molecule has 1 heterocycles. The van der Waals surface area contributed by atoms with Crippen molar-refractivity contribution in [3.05, 3.63) is 53.5 Å². The van der Waals surface area contributed by atoms with E-state index in [-0.39, 0.29) is 11.7 Å². The molecule has 0 aliphatic carbocycles. The summed E-state index contributed by atoms with van der Waals surface area (Å²) in [5.41, 5.74) is 1.65. The van der Waals surface area contributed by atoms with E-state index in [0.29, 0.717) is 23.4 Å². The van der Waals surface area contributed by atoms with Crippen LogP contribution in [0.3, 0.4) is 0 Å². The number of hydrogen-bond donors (Lipinski definition) is 1. The van der Waals surface area contributed by atoms with Gasteiger partial charge in [-0.3, -0.25) is 4.79 Å². The van der Waals surface area contributed by atoms with Crippen LogP contribution in [0.15, 0.2) is 41.0 Å². The van der Waals surface area contributed by atoms with Crippen LogP contribution in [0.25, 0.3) is 0 Å². The van der Waals surface area contributed by atoms with Crippen molar-refractivity contribution in [3.63, 3.8) is 0 Å². The van der Waals surface area contributed by atoms with Crippen LogP contribution in [0.5, 0.6) is 0 Å².